The topological polar surface area (TPSA) is 85.3 Å². The largest absolute Gasteiger partial charge is 0.497 e. The molecule has 2 saturated carbocycles. The molecule has 9 heteroatoms. The number of hydrogen-bond donors (Lipinski definition) is 1. The molecule has 0 amide bonds. The minimum atomic E-state index is -1.23. The van der Waals surface area contributed by atoms with E-state index in [1.54, 1.807) is 7.11 Å². The number of benzene rings is 1. The van der Waals surface area contributed by atoms with Gasteiger partial charge >= 0.3 is 0 Å². The van der Waals surface area contributed by atoms with E-state index in [2.05, 4.69) is 50.8 Å². The van der Waals surface area contributed by atoms with E-state index >= 15 is 0 Å². The van der Waals surface area contributed by atoms with Crippen molar-refractivity contribution in [2.75, 3.05) is 80.7 Å². The van der Waals surface area contributed by atoms with Gasteiger partial charge in [0.25, 0.3) is 0 Å². The molecule has 1 N–H and O–H groups in total. The molecule has 0 bridgehead atoms. The van der Waals surface area contributed by atoms with Crippen LogP contribution in [0.25, 0.3) is 0 Å². The number of Topliss-reactive ketones (excluding diaryl/α,β-unsaturated/α-hetero) is 1. The lowest BCUT2D eigenvalue weighted by molar-refractivity contribution is -0.158. The van der Waals surface area contributed by atoms with E-state index < -0.39 is 5.60 Å². The Morgan fingerprint density at radius 2 is 1.54 bits per heavy atom. The van der Waals surface area contributed by atoms with Gasteiger partial charge < -0.3 is 24.5 Å². The van der Waals surface area contributed by atoms with Gasteiger partial charge in [0, 0.05) is 63.8 Å². The molecule has 1 aromatic heterocycles. The van der Waals surface area contributed by atoms with Crippen LogP contribution in [-0.2, 0) is 11.2 Å². The van der Waals surface area contributed by atoms with Crippen LogP contribution >= 0.6 is 0 Å². The van der Waals surface area contributed by atoms with Crippen molar-refractivity contribution in [1.29, 1.82) is 0 Å². The van der Waals surface area contributed by atoms with Crippen LogP contribution in [0, 0.1) is 17.3 Å². The van der Waals surface area contributed by atoms with E-state index in [1.165, 1.54) is 36.8 Å². The Morgan fingerprint density at radius 1 is 0.870 bits per heavy atom. The van der Waals surface area contributed by atoms with Crippen LogP contribution in [0.1, 0.15) is 81.8 Å². The predicted molar refractivity (Wildman–Crippen MR) is 181 cm³/mol. The molecule has 46 heavy (non-hydrogen) atoms. The second kappa shape index (κ2) is 12.0. The molecule has 5 fully saturated rings. The average Bonchev–Trinajstić information content (AvgIpc) is 3.87. The van der Waals surface area contributed by atoms with Crippen molar-refractivity contribution in [3.63, 3.8) is 0 Å². The Labute approximate surface area is 274 Å². The summed E-state index contributed by atoms with van der Waals surface area (Å²) in [6.07, 6.45) is 10.6. The second-order valence-electron chi connectivity index (χ2n) is 15.3. The number of aliphatic hydroxyl groups is 1. The third-order valence-corrected chi connectivity index (χ3v) is 13.1. The van der Waals surface area contributed by atoms with Crippen LogP contribution in [0.15, 0.2) is 24.3 Å². The van der Waals surface area contributed by atoms with Gasteiger partial charge in [-0.3, -0.25) is 9.69 Å². The van der Waals surface area contributed by atoms with Crippen molar-refractivity contribution < 1.29 is 14.6 Å². The minimum absolute atomic E-state index is 0.0417. The molecule has 0 radical (unpaired) electrons. The van der Waals surface area contributed by atoms with Gasteiger partial charge in [-0.05, 0) is 105 Å². The second-order valence-corrected chi connectivity index (χ2v) is 15.3. The van der Waals surface area contributed by atoms with E-state index in [4.69, 9.17) is 14.7 Å². The monoisotopic (exact) mass is 628 g/mol. The quantitative estimate of drug-likeness (QED) is 0.471. The molecule has 0 spiro atoms. The molecule has 0 unspecified atom stereocenters. The van der Waals surface area contributed by atoms with Crippen LogP contribution in [0.2, 0.25) is 0 Å². The number of methoxy groups -OCH3 is 1. The maximum absolute atomic E-state index is 14.1. The van der Waals surface area contributed by atoms with Crippen molar-refractivity contribution in [3.8, 4) is 5.75 Å². The van der Waals surface area contributed by atoms with Crippen molar-refractivity contribution in [1.82, 2.24) is 14.9 Å². The SMILES string of the molecule is COc1ccc2c(c1)CC[C@@H]1[C@@H]2CC[C@@]2(C)[C@H]1CC[C@]2(O)C(=O)CN1CCN(c2cc(N3CCCC3)nc(N3CCCC3)n2)CC1. The highest BCUT2D eigenvalue weighted by molar-refractivity contribution is 5.90. The molecule has 2 aromatic rings. The lowest BCUT2D eigenvalue weighted by Crippen LogP contribution is -2.58. The lowest BCUT2D eigenvalue weighted by Gasteiger charge is -2.53. The van der Waals surface area contributed by atoms with Crippen molar-refractivity contribution in [2.45, 2.75) is 82.7 Å². The van der Waals surface area contributed by atoms with E-state index in [9.17, 15) is 9.90 Å². The third-order valence-electron chi connectivity index (χ3n) is 13.1. The van der Waals surface area contributed by atoms with E-state index in [1.807, 2.05) is 0 Å². The highest BCUT2D eigenvalue weighted by Crippen LogP contribution is 2.64. The number of aromatic nitrogens is 2. The number of carbonyl (C=O) groups excluding carboxylic acids is 1. The van der Waals surface area contributed by atoms with Gasteiger partial charge in [-0.2, -0.15) is 9.97 Å². The summed E-state index contributed by atoms with van der Waals surface area (Å²) in [6, 6.07) is 8.79. The average molecular weight is 629 g/mol. The van der Waals surface area contributed by atoms with Gasteiger partial charge in [0.2, 0.25) is 5.95 Å². The maximum Gasteiger partial charge on any atom is 0.229 e. The number of anilines is 3. The Morgan fingerprint density at radius 3 is 2.24 bits per heavy atom. The van der Waals surface area contributed by atoms with Crippen molar-refractivity contribution >= 4 is 23.4 Å². The molecule has 4 heterocycles. The van der Waals surface area contributed by atoms with E-state index in [0.29, 0.717) is 30.7 Å². The first-order valence-corrected chi connectivity index (χ1v) is 18.1. The Kier molecular flexibility index (Phi) is 7.91. The summed E-state index contributed by atoms with van der Waals surface area (Å²) in [5.41, 5.74) is 1.31. The van der Waals surface area contributed by atoms with Gasteiger partial charge in [-0.15, -0.1) is 0 Å². The molecule has 3 saturated heterocycles. The molecular weight excluding hydrogens is 576 g/mol. The third kappa shape index (κ3) is 5.07. The van der Waals surface area contributed by atoms with Crippen LogP contribution in [0.4, 0.5) is 17.6 Å². The fraction of sp³-hybridized carbons (Fsp3) is 0.703. The zero-order valence-electron chi connectivity index (χ0n) is 27.9. The predicted octanol–water partition coefficient (Wildman–Crippen LogP) is 4.66. The zero-order valence-corrected chi connectivity index (χ0v) is 27.9. The number of carbonyl (C=O) groups is 1. The number of piperazine rings is 1. The Bertz CT molecular complexity index is 1410. The summed E-state index contributed by atoms with van der Waals surface area (Å²) in [5.74, 6) is 5.38. The molecule has 3 aliphatic carbocycles. The fourth-order valence-electron chi connectivity index (χ4n) is 10.4. The number of rotatable bonds is 7. The Hall–Kier alpha value is -2.91. The van der Waals surface area contributed by atoms with Gasteiger partial charge in [-0.25, -0.2) is 0 Å². The minimum Gasteiger partial charge on any atom is -0.497 e. The normalized spacial score (nSPS) is 32.8. The summed E-state index contributed by atoms with van der Waals surface area (Å²) in [6.45, 7) is 10.0. The number of ketones is 1. The van der Waals surface area contributed by atoms with Crippen molar-refractivity contribution in [2.24, 2.45) is 17.3 Å². The van der Waals surface area contributed by atoms with E-state index in [-0.39, 0.29) is 11.2 Å². The van der Waals surface area contributed by atoms with Crippen LogP contribution in [0.5, 0.6) is 5.75 Å². The summed E-state index contributed by atoms with van der Waals surface area (Å²) < 4.78 is 5.51. The van der Waals surface area contributed by atoms with E-state index in [0.717, 1.165) is 108 Å². The highest BCUT2D eigenvalue weighted by Gasteiger charge is 2.64. The summed E-state index contributed by atoms with van der Waals surface area (Å²) in [4.78, 5) is 33.6. The lowest BCUT2D eigenvalue weighted by atomic mass is 9.53. The number of nitrogens with zero attached hydrogens (tertiary/aromatic N) is 6. The smallest absolute Gasteiger partial charge is 0.229 e. The molecule has 3 aliphatic heterocycles. The van der Waals surface area contributed by atoms with Crippen LogP contribution in [-0.4, -0.2) is 97.4 Å². The summed E-state index contributed by atoms with van der Waals surface area (Å²) in [7, 11) is 1.74. The van der Waals surface area contributed by atoms with Crippen LogP contribution in [0.3, 0.4) is 0 Å². The first kappa shape index (κ1) is 30.4. The van der Waals surface area contributed by atoms with Crippen molar-refractivity contribution in [3.05, 3.63) is 35.4 Å². The standard InChI is InChI=1S/C37H52N6O3/c1-36-13-11-29-28-10-8-27(46-2)23-26(28)7-9-30(29)31(36)12-14-37(36,45)32(44)25-40-19-21-42(22-20-40)34-24-33(41-15-3-4-16-41)38-35(39-34)43-17-5-6-18-43/h8,10,23-24,29-31,45H,3-7,9,11-22,25H2,1-2H3/t29-,30-,31+,36+,37+/m1/s1. The molecular formula is C37H52N6O3. The summed E-state index contributed by atoms with van der Waals surface area (Å²) >= 11 is 0. The molecule has 6 aliphatic rings. The molecule has 8 rings (SSSR count). The fourth-order valence-corrected chi connectivity index (χ4v) is 10.4. The molecule has 5 atom stereocenters. The highest BCUT2D eigenvalue weighted by atomic mass is 16.5. The number of aryl methyl sites for hydroxylation is 1. The van der Waals surface area contributed by atoms with Crippen LogP contribution < -0.4 is 19.4 Å². The first-order chi connectivity index (χ1) is 22.4. The van der Waals surface area contributed by atoms with Gasteiger partial charge in [0.15, 0.2) is 5.78 Å². The zero-order chi connectivity index (χ0) is 31.5. The number of hydrogen-bond acceptors (Lipinski definition) is 9. The first-order valence-electron chi connectivity index (χ1n) is 18.1. The number of fused-ring (bicyclic) bond motifs is 5. The molecule has 1 aromatic carbocycles. The molecule has 248 valence electrons. The summed E-state index contributed by atoms with van der Waals surface area (Å²) in [5, 5.41) is 12.3. The molecule has 9 nitrogen and oxygen atoms in total. The van der Waals surface area contributed by atoms with Gasteiger partial charge in [0.1, 0.15) is 23.0 Å². The maximum atomic E-state index is 14.1. The number of ether oxygens (including phenoxy) is 1. The van der Waals surface area contributed by atoms with Gasteiger partial charge in [0.05, 0.1) is 13.7 Å². The Balaban J connectivity index is 0.931. The van der Waals surface area contributed by atoms with Gasteiger partial charge in [-0.1, -0.05) is 13.0 Å².